The molecule has 0 spiro atoms. The normalized spacial score (nSPS) is 39.4. The quantitative estimate of drug-likeness (QED) is 0.677. The van der Waals surface area contributed by atoms with Crippen LogP contribution in [0.1, 0.15) is 63.6 Å². The van der Waals surface area contributed by atoms with Crippen LogP contribution in [0.2, 0.25) is 0 Å². The molecule has 1 aromatic rings. The molecule has 154 valence electrons. The first-order valence-corrected chi connectivity index (χ1v) is 13.3. The fourth-order valence-electron chi connectivity index (χ4n) is 6.84. The van der Waals surface area contributed by atoms with Crippen molar-refractivity contribution in [2.75, 3.05) is 11.5 Å². The van der Waals surface area contributed by atoms with Crippen LogP contribution in [-0.2, 0) is 21.7 Å². The number of carbonyl (C=O) groups is 1. The average molecular weight is 424 g/mol. The summed E-state index contributed by atoms with van der Waals surface area (Å²) >= 11 is 1.50. The molecule has 0 aromatic carbocycles. The van der Waals surface area contributed by atoms with Crippen molar-refractivity contribution in [3.63, 3.8) is 0 Å². The number of carbonyl (C=O) groups excluding carboxylic acids is 1. The zero-order valence-corrected chi connectivity index (χ0v) is 18.3. The number of rotatable bonds is 5. The van der Waals surface area contributed by atoms with Gasteiger partial charge in [0.05, 0.1) is 16.8 Å². The predicted octanol–water partition coefficient (Wildman–Crippen LogP) is 2.98. The summed E-state index contributed by atoms with van der Waals surface area (Å²) in [6, 6.07) is 0. The van der Waals surface area contributed by atoms with Gasteiger partial charge >= 0.3 is 0 Å². The van der Waals surface area contributed by atoms with E-state index in [1.807, 2.05) is 18.5 Å². The SMILES string of the molecule is C[C@@H](Sc1nnc([C@H]2CCS(=O)(=O)C2)n1C)C(=O)C12CC3CC(CC(C3)C1)C2. The molecule has 4 saturated carbocycles. The van der Waals surface area contributed by atoms with Crippen LogP contribution in [0.25, 0.3) is 0 Å². The van der Waals surface area contributed by atoms with E-state index in [9.17, 15) is 13.2 Å². The molecule has 5 aliphatic rings. The van der Waals surface area contributed by atoms with Crippen LogP contribution in [0, 0.1) is 23.2 Å². The van der Waals surface area contributed by atoms with E-state index in [1.54, 1.807) is 0 Å². The predicted molar refractivity (Wildman–Crippen MR) is 108 cm³/mol. The van der Waals surface area contributed by atoms with Gasteiger partial charge in [0.15, 0.2) is 20.8 Å². The molecule has 8 heteroatoms. The molecule has 2 heterocycles. The van der Waals surface area contributed by atoms with E-state index in [0.717, 1.165) is 48.0 Å². The summed E-state index contributed by atoms with van der Waals surface area (Å²) in [7, 11) is -1.06. The van der Waals surface area contributed by atoms with Gasteiger partial charge in [-0.3, -0.25) is 4.79 Å². The number of ketones is 1. The van der Waals surface area contributed by atoms with Gasteiger partial charge in [-0.2, -0.15) is 0 Å². The fourth-order valence-corrected chi connectivity index (χ4v) is 9.59. The maximum absolute atomic E-state index is 13.5. The van der Waals surface area contributed by atoms with Crippen LogP contribution in [-0.4, -0.2) is 45.7 Å². The van der Waals surface area contributed by atoms with E-state index in [1.165, 1.54) is 31.0 Å². The number of hydrogen-bond acceptors (Lipinski definition) is 6. The third-order valence-corrected chi connectivity index (χ3v) is 10.6. The molecule has 4 bridgehead atoms. The molecule has 2 atom stereocenters. The van der Waals surface area contributed by atoms with Crippen LogP contribution >= 0.6 is 11.8 Å². The van der Waals surface area contributed by atoms with Crippen molar-refractivity contribution >= 4 is 27.4 Å². The average Bonchev–Trinajstić information content (AvgIpc) is 3.15. The van der Waals surface area contributed by atoms with Gasteiger partial charge in [0.25, 0.3) is 0 Å². The highest BCUT2D eigenvalue weighted by Gasteiger charge is 2.55. The largest absolute Gasteiger partial charge is 0.309 e. The lowest BCUT2D eigenvalue weighted by Gasteiger charge is -2.56. The van der Waals surface area contributed by atoms with Gasteiger partial charge in [-0.15, -0.1) is 10.2 Å². The van der Waals surface area contributed by atoms with Crippen LogP contribution in [0.15, 0.2) is 5.16 Å². The molecule has 4 aliphatic carbocycles. The van der Waals surface area contributed by atoms with Gasteiger partial charge < -0.3 is 4.57 Å². The number of thioether (sulfide) groups is 1. The minimum atomic E-state index is -2.96. The molecule has 1 aliphatic heterocycles. The smallest absolute Gasteiger partial charge is 0.191 e. The van der Waals surface area contributed by atoms with E-state index in [0.29, 0.717) is 12.2 Å². The second-order valence-corrected chi connectivity index (χ2v) is 13.4. The minimum Gasteiger partial charge on any atom is -0.309 e. The summed E-state index contributed by atoms with van der Waals surface area (Å²) in [6.45, 7) is 2.01. The minimum absolute atomic E-state index is 0.0778. The summed E-state index contributed by atoms with van der Waals surface area (Å²) in [5.74, 6) is 3.74. The molecular formula is C20H29N3O3S2. The molecule has 0 amide bonds. The summed E-state index contributed by atoms with van der Waals surface area (Å²) in [4.78, 5) is 13.5. The lowest BCUT2D eigenvalue weighted by Crippen LogP contribution is -2.51. The van der Waals surface area contributed by atoms with Crippen molar-refractivity contribution in [3.05, 3.63) is 5.82 Å². The Morgan fingerprint density at radius 2 is 1.75 bits per heavy atom. The van der Waals surface area contributed by atoms with Crippen molar-refractivity contribution in [1.29, 1.82) is 0 Å². The Labute approximate surface area is 171 Å². The first kappa shape index (κ1) is 19.1. The molecule has 1 saturated heterocycles. The van der Waals surface area contributed by atoms with Crippen LogP contribution < -0.4 is 0 Å². The Bertz CT molecular complexity index is 873. The van der Waals surface area contributed by atoms with E-state index in [4.69, 9.17) is 0 Å². The fraction of sp³-hybridized carbons (Fsp3) is 0.850. The standard InChI is InChI=1S/C20H29N3O3S2/c1-12(17(24)20-8-13-5-14(9-20)7-15(6-13)10-20)27-19-22-21-18(23(19)2)16-3-4-28(25,26)11-16/h12-16H,3-11H2,1-2H3/t12-,13?,14?,15?,16+,20?/m1/s1. The lowest BCUT2D eigenvalue weighted by molar-refractivity contribution is -0.143. The summed E-state index contributed by atoms with van der Waals surface area (Å²) in [5.41, 5.74) is -0.0951. The van der Waals surface area contributed by atoms with Gasteiger partial charge in [0.1, 0.15) is 5.82 Å². The molecular weight excluding hydrogens is 394 g/mol. The maximum Gasteiger partial charge on any atom is 0.191 e. The Balaban J connectivity index is 1.31. The summed E-state index contributed by atoms with van der Waals surface area (Å²) < 4.78 is 25.5. The molecule has 5 fully saturated rings. The Morgan fingerprint density at radius 3 is 2.29 bits per heavy atom. The Hall–Kier alpha value is -0.890. The van der Waals surface area contributed by atoms with Gasteiger partial charge in [0.2, 0.25) is 0 Å². The topological polar surface area (TPSA) is 81.9 Å². The molecule has 0 radical (unpaired) electrons. The molecule has 0 N–H and O–H groups in total. The highest BCUT2D eigenvalue weighted by atomic mass is 32.2. The zero-order chi connectivity index (χ0) is 19.7. The second-order valence-electron chi connectivity index (χ2n) is 9.82. The van der Waals surface area contributed by atoms with Gasteiger partial charge in [-0.25, -0.2) is 8.42 Å². The zero-order valence-electron chi connectivity index (χ0n) is 16.6. The maximum atomic E-state index is 13.5. The number of nitrogens with zero attached hydrogens (tertiary/aromatic N) is 3. The van der Waals surface area contributed by atoms with E-state index >= 15 is 0 Å². The second kappa shape index (κ2) is 6.56. The highest BCUT2D eigenvalue weighted by Crippen LogP contribution is 2.61. The molecule has 28 heavy (non-hydrogen) atoms. The number of hydrogen-bond donors (Lipinski definition) is 0. The summed E-state index contributed by atoms with van der Waals surface area (Å²) in [6.07, 6.45) is 7.90. The number of sulfone groups is 1. The van der Waals surface area contributed by atoms with E-state index < -0.39 is 9.84 Å². The van der Waals surface area contributed by atoms with Crippen molar-refractivity contribution in [2.24, 2.45) is 30.2 Å². The first-order valence-electron chi connectivity index (χ1n) is 10.6. The van der Waals surface area contributed by atoms with Crippen LogP contribution in [0.4, 0.5) is 0 Å². The van der Waals surface area contributed by atoms with Crippen molar-refractivity contribution in [1.82, 2.24) is 14.8 Å². The van der Waals surface area contributed by atoms with Crippen molar-refractivity contribution in [3.8, 4) is 0 Å². The van der Waals surface area contributed by atoms with Gasteiger partial charge in [-0.05, 0) is 69.6 Å². The van der Waals surface area contributed by atoms with Crippen LogP contribution in [0.3, 0.4) is 0 Å². The van der Waals surface area contributed by atoms with Gasteiger partial charge in [0, 0.05) is 18.4 Å². The van der Waals surface area contributed by atoms with Gasteiger partial charge in [-0.1, -0.05) is 11.8 Å². The van der Waals surface area contributed by atoms with E-state index in [-0.39, 0.29) is 28.1 Å². The third kappa shape index (κ3) is 3.15. The molecule has 6 nitrogen and oxygen atoms in total. The van der Waals surface area contributed by atoms with E-state index in [2.05, 4.69) is 10.2 Å². The van der Waals surface area contributed by atoms with Crippen molar-refractivity contribution < 1.29 is 13.2 Å². The van der Waals surface area contributed by atoms with Crippen molar-refractivity contribution in [2.45, 2.75) is 68.2 Å². The molecule has 1 aromatic heterocycles. The molecule has 0 unspecified atom stereocenters. The first-order chi connectivity index (χ1) is 13.2. The highest BCUT2D eigenvalue weighted by molar-refractivity contribution is 8.00. The Kier molecular flexibility index (Phi) is 4.47. The third-order valence-electron chi connectivity index (χ3n) is 7.68. The number of Topliss-reactive ketones (excluding diaryl/α,β-unsaturated/α-hetero) is 1. The lowest BCUT2D eigenvalue weighted by atomic mass is 9.48. The monoisotopic (exact) mass is 423 g/mol. The van der Waals surface area contributed by atoms with Crippen LogP contribution in [0.5, 0.6) is 0 Å². The molecule has 6 rings (SSSR count). The Morgan fingerprint density at radius 1 is 1.14 bits per heavy atom. The summed E-state index contributed by atoms with van der Waals surface area (Å²) in [5, 5.41) is 9.18. The number of aromatic nitrogens is 3.